The maximum absolute atomic E-state index is 12.3. The summed E-state index contributed by atoms with van der Waals surface area (Å²) in [5.74, 6) is 0.564. The number of hydrogen-bond acceptors (Lipinski definition) is 4. The molecule has 4 nitrogen and oxygen atoms in total. The summed E-state index contributed by atoms with van der Waals surface area (Å²) in [5, 5.41) is 0. The summed E-state index contributed by atoms with van der Waals surface area (Å²) in [6.45, 7) is 4.34. The van der Waals surface area contributed by atoms with Gasteiger partial charge in [0, 0.05) is 0 Å². The van der Waals surface area contributed by atoms with Crippen molar-refractivity contribution >= 4 is 11.9 Å². The topological polar surface area (TPSA) is 52.6 Å². The van der Waals surface area contributed by atoms with E-state index in [1.54, 1.807) is 0 Å². The smallest absolute Gasteiger partial charge is 0.313 e. The summed E-state index contributed by atoms with van der Waals surface area (Å²) in [7, 11) is 2.96. The van der Waals surface area contributed by atoms with Gasteiger partial charge in [0.1, 0.15) is 0 Å². The number of fused-ring (bicyclic) bond motifs is 1. The first kappa shape index (κ1) is 19.9. The first-order valence-electron chi connectivity index (χ1n) is 10.2. The highest BCUT2D eigenvalue weighted by Gasteiger charge is 2.34. The van der Waals surface area contributed by atoms with E-state index in [1.165, 1.54) is 37.3 Å². The van der Waals surface area contributed by atoms with Gasteiger partial charge in [-0.1, -0.05) is 31.9 Å². The molecule has 1 saturated carbocycles. The van der Waals surface area contributed by atoms with Crippen LogP contribution in [0.15, 0.2) is 12.1 Å². The highest BCUT2D eigenvalue weighted by Crippen LogP contribution is 2.40. The molecule has 1 unspecified atom stereocenters. The van der Waals surface area contributed by atoms with Gasteiger partial charge in [0.25, 0.3) is 0 Å². The van der Waals surface area contributed by atoms with E-state index in [-0.39, 0.29) is 23.8 Å². The van der Waals surface area contributed by atoms with E-state index >= 15 is 0 Å². The van der Waals surface area contributed by atoms with Crippen molar-refractivity contribution in [3.63, 3.8) is 0 Å². The fourth-order valence-corrected chi connectivity index (χ4v) is 5.17. The Morgan fingerprint density at radius 2 is 1.81 bits per heavy atom. The predicted octanol–water partition coefficient (Wildman–Crippen LogP) is 4.36. The van der Waals surface area contributed by atoms with E-state index in [2.05, 4.69) is 26.0 Å². The fourth-order valence-electron chi connectivity index (χ4n) is 5.17. The summed E-state index contributed by atoms with van der Waals surface area (Å²) in [4.78, 5) is 24.2. The second-order valence-electron chi connectivity index (χ2n) is 8.39. The summed E-state index contributed by atoms with van der Waals surface area (Å²) >= 11 is 0. The Morgan fingerprint density at radius 3 is 2.52 bits per heavy atom. The van der Waals surface area contributed by atoms with Crippen LogP contribution >= 0.6 is 0 Å². The Balaban J connectivity index is 1.80. The normalized spacial score (nSPS) is 27.6. The van der Waals surface area contributed by atoms with Crippen molar-refractivity contribution in [3.05, 3.63) is 34.4 Å². The van der Waals surface area contributed by atoms with E-state index in [4.69, 9.17) is 9.47 Å². The van der Waals surface area contributed by atoms with Crippen LogP contribution in [-0.4, -0.2) is 26.2 Å². The van der Waals surface area contributed by atoms with Gasteiger partial charge in [0.2, 0.25) is 0 Å². The number of methoxy groups -OCH3 is 2. The van der Waals surface area contributed by atoms with Gasteiger partial charge in [0.05, 0.1) is 26.1 Å². The van der Waals surface area contributed by atoms with Crippen molar-refractivity contribution in [1.29, 1.82) is 0 Å². The van der Waals surface area contributed by atoms with Gasteiger partial charge in [-0.15, -0.1) is 0 Å². The molecular formula is C23H32O4. The zero-order valence-electron chi connectivity index (χ0n) is 17.0. The Morgan fingerprint density at radius 1 is 1.07 bits per heavy atom. The highest BCUT2D eigenvalue weighted by molar-refractivity contribution is 5.79. The van der Waals surface area contributed by atoms with Gasteiger partial charge < -0.3 is 9.47 Å². The first-order chi connectivity index (χ1) is 13.0. The lowest BCUT2D eigenvalue weighted by molar-refractivity contribution is -0.147. The molecule has 3 rings (SSSR count). The van der Waals surface area contributed by atoms with E-state index in [0.29, 0.717) is 11.8 Å². The van der Waals surface area contributed by atoms with Crippen LogP contribution in [-0.2, 0) is 31.9 Å². The molecule has 27 heavy (non-hydrogen) atoms. The second-order valence-corrected chi connectivity index (χ2v) is 8.39. The van der Waals surface area contributed by atoms with Gasteiger partial charge in [-0.25, -0.2) is 0 Å². The highest BCUT2D eigenvalue weighted by atomic mass is 16.5. The maximum atomic E-state index is 12.3. The molecule has 0 radical (unpaired) electrons. The number of carbonyl (C=O) groups excluding carboxylic acids is 2. The lowest BCUT2D eigenvalue weighted by Gasteiger charge is -2.32. The average Bonchev–Trinajstić information content (AvgIpc) is 2.69. The quantitative estimate of drug-likeness (QED) is 0.737. The zero-order chi connectivity index (χ0) is 19.6. The lowest BCUT2D eigenvalue weighted by atomic mass is 9.72. The standard InChI is InChI=1S/C23H32O4/c1-14-8-10-19-15(2)17(9-11-20(19)21(14)23(25)27-4)12-16-6-5-7-18(13-16)22(24)26-3/h9,11,14,16,18,21H,5-8,10,12-13H2,1-4H3/t14-,16-,18+,21?/m0/s1. The van der Waals surface area contributed by atoms with Gasteiger partial charge in [-0.2, -0.15) is 0 Å². The van der Waals surface area contributed by atoms with Crippen molar-refractivity contribution < 1.29 is 19.1 Å². The lowest BCUT2D eigenvalue weighted by Crippen LogP contribution is -2.28. The first-order valence-corrected chi connectivity index (χ1v) is 10.2. The minimum absolute atomic E-state index is 0.0521. The van der Waals surface area contributed by atoms with Crippen molar-refractivity contribution in [2.24, 2.45) is 17.8 Å². The Kier molecular flexibility index (Phi) is 6.23. The zero-order valence-corrected chi connectivity index (χ0v) is 17.0. The molecule has 0 aromatic heterocycles. The Hall–Kier alpha value is -1.84. The molecule has 148 valence electrons. The van der Waals surface area contributed by atoms with Crippen molar-refractivity contribution in [2.75, 3.05) is 14.2 Å². The van der Waals surface area contributed by atoms with Crippen LogP contribution in [0.5, 0.6) is 0 Å². The second kappa shape index (κ2) is 8.45. The SMILES string of the molecule is COC(=O)C1c2ccc(C[C@@H]3CCC[C@@H](C(=O)OC)C3)c(C)c2CC[C@@H]1C. The summed E-state index contributed by atoms with van der Waals surface area (Å²) in [5.41, 5.74) is 5.18. The molecule has 0 heterocycles. The van der Waals surface area contributed by atoms with Crippen LogP contribution in [0.2, 0.25) is 0 Å². The Labute approximate surface area is 162 Å². The monoisotopic (exact) mass is 372 g/mol. The van der Waals surface area contributed by atoms with E-state index < -0.39 is 0 Å². The molecule has 4 heteroatoms. The van der Waals surface area contributed by atoms with E-state index in [1.807, 2.05) is 0 Å². The maximum Gasteiger partial charge on any atom is 0.313 e. The molecule has 2 aliphatic carbocycles. The average molecular weight is 373 g/mol. The third-order valence-electron chi connectivity index (χ3n) is 6.78. The molecule has 0 amide bonds. The molecule has 4 atom stereocenters. The molecule has 1 aromatic rings. The summed E-state index contributed by atoms with van der Waals surface area (Å²) < 4.78 is 10.0. The number of esters is 2. The number of carbonyl (C=O) groups is 2. The number of rotatable bonds is 4. The minimum atomic E-state index is -0.148. The molecule has 1 aromatic carbocycles. The van der Waals surface area contributed by atoms with Crippen molar-refractivity contribution in [3.8, 4) is 0 Å². The number of hydrogen-bond donors (Lipinski definition) is 0. The van der Waals surface area contributed by atoms with Gasteiger partial charge in [0.15, 0.2) is 0 Å². The van der Waals surface area contributed by atoms with E-state index in [9.17, 15) is 9.59 Å². The predicted molar refractivity (Wildman–Crippen MR) is 105 cm³/mol. The van der Waals surface area contributed by atoms with Crippen LogP contribution in [0.1, 0.15) is 67.2 Å². The van der Waals surface area contributed by atoms with Gasteiger partial charge in [-0.05, 0) is 73.1 Å². The van der Waals surface area contributed by atoms with Crippen LogP contribution in [0, 0.1) is 24.7 Å². The van der Waals surface area contributed by atoms with Crippen molar-refractivity contribution in [1.82, 2.24) is 0 Å². The molecule has 0 spiro atoms. The van der Waals surface area contributed by atoms with Crippen LogP contribution in [0.3, 0.4) is 0 Å². The third kappa shape index (κ3) is 4.04. The fraction of sp³-hybridized carbons (Fsp3) is 0.652. The van der Waals surface area contributed by atoms with Crippen LogP contribution in [0.4, 0.5) is 0 Å². The number of benzene rings is 1. The molecule has 0 bridgehead atoms. The van der Waals surface area contributed by atoms with Crippen molar-refractivity contribution in [2.45, 2.75) is 64.7 Å². The molecule has 0 saturated heterocycles. The molecular weight excluding hydrogens is 340 g/mol. The number of ether oxygens (including phenoxy) is 2. The molecule has 0 aliphatic heterocycles. The summed E-state index contributed by atoms with van der Waals surface area (Å²) in [6, 6.07) is 4.35. The Bertz CT molecular complexity index is 709. The molecule has 2 aliphatic rings. The summed E-state index contributed by atoms with van der Waals surface area (Å²) in [6.07, 6.45) is 7.19. The van der Waals surface area contributed by atoms with Crippen LogP contribution < -0.4 is 0 Å². The largest absolute Gasteiger partial charge is 0.469 e. The molecule has 0 N–H and O–H groups in total. The van der Waals surface area contributed by atoms with Crippen LogP contribution in [0.25, 0.3) is 0 Å². The third-order valence-corrected chi connectivity index (χ3v) is 6.78. The van der Waals surface area contributed by atoms with Gasteiger partial charge in [-0.3, -0.25) is 9.59 Å². The minimum Gasteiger partial charge on any atom is -0.469 e. The van der Waals surface area contributed by atoms with Gasteiger partial charge >= 0.3 is 11.9 Å². The molecule has 1 fully saturated rings. The van der Waals surface area contributed by atoms with E-state index in [0.717, 1.165) is 44.1 Å².